The lowest BCUT2D eigenvalue weighted by Gasteiger charge is -2.27. The molecule has 0 aliphatic heterocycles. The van der Waals surface area contributed by atoms with Crippen molar-refractivity contribution >= 4 is 17.1 Å². The fourth-order valence-corrected chi connectivity index (χ4v) is 4.06. The molecule has 4 aromatic carbocycles. The van der Waals surface area contributed by atoms with E-state index in [0.717, 1.165) is 39.3 Å². The minimum absolute atomic E-state index is 0.0852. The summed E-state index contributed by atoms with van der Waals surface area (Å²) in [5, 5.41) is 30.9. The number of ether oxygens (including phenoxy) is 1. The Morgan fingerprint density at radius 2 is 1.18 bits per heavy atom. The van der Waals surface area contributed by atoms with E-state index in [-0.39, 0.29) is 17.2 Å². The molecule has 0 amide bonds. The van der Waals surface area contributed by atoms with Gasteiger partial charge in [-0.1, -0.05) is 12.1 Å². The monoisotopic (exact) mass is 441 g/mol. The lowest BCUT2D eigenvalue weighted by Crippen LogP contribution is -2.10. The van der Waals surface area contributed by atoms with Crippen LogP contribution in [0.25, 0.3) is 0 Å². The SMILES string of the molecule is Cc1cc(O)cc(N(c2cc(C)cc(O)c2)c2cccc(Oc3c(C)cc(C)cc3O)c2)c1. The average Bonchev–Trinajstić information content (AvgIpc) is 2.70. The lowest BCUT2D eigenvalue weighted by atomic mass is 10.1. The van der Waals surface area contributed by atoms with Gasteiger partial charge in [-0.15, -0.1) is 0 Å². The van der Waals surface area contributed by atoms with Crippen LogP contribution in [0.1, 0.15) is 22.3 Å². The van der Waals surface area contributed by atoms with Crippen molar-refractivity contribution in [3.8, 4) is 28.7 Å². The number of phenolic OH excluding ortho intramolecular Hbond substituents is 3. The van der Waals surface area contributed by atoms with E-state index >= 15 is 0 Å². The molecular formula is C28H27NO4. The first-order valence-electron chi connectivity index (χ1n) is 10.7. The number of rotatable bonds is 5. The highest BCUT2D eigenvalue weighted by Gasteiger charge is 2.17. The summed E-state index contributed by atoms with van der Waals surface area (Å²) < 4.78 is 6.08. The number of aryl methyl sites for hydroxylation is 4. The minimum atomic E-state index is 0.0852. The number of hydrogen-bond acceptors (Lipinski definition) is 5. The Bertz CT molecular complexity index is 1210. The zero-order valence-electron chi connectivity index (χ0n) is 19.1. The second-order valence-corrected chi connectivity index (χ2v) is 8.42. The Balaban J connectivity index is 1.83. The standard InChI is InChI=1S/C28H27NO4/c1-17-8-20(4)28(27(32)13-17)33-26-7-5-6-21(16-26)29(22-9-18(2)11-24(30)14-22)23-10-19(3)12-25(31)15-23/h5-16,30-32H,1-4H3. The molecule has 0 aliphatic rings. The highest BCUT2D eigenvalue weighted by Crippen LogP contribution is 2.41. The fourth-order valence-electron chi connectivity index (χ4n) is 4.06. The van der Waals surface area contributed by atoms with E-state index < -0.39 is 0 Å². The van der Waals surface area contributed by atoms with Crippen molar-refractivity contribution in [2.24, 2.45) is 0 Å². The molecule has 0 aromatic heterocycles. The van der Waals surface area contributed by atoms with Crippen molar-refractivity contribution in [2.45, 2.75) is 27.7 Å². The molecular weight excluding hydrogens is 414 g/mol. The Kier molecular flexibility index (Phi) is 5.88. The second-order valence-electron chi connectivity index (χ2n) is 8.42. The third-order valence-electron chi connectivity index (χ3n) is 5.31. The molecule has 5 nitrogen and oxygen atoms in total. The van der Waals surface area contributed by atoms with Crippen LogP contribution in [0.3, 0.4) is 0 Å². The van der Waals surface area contributed by atoms with Gasteiger partial charge in [-0.2, -0.15) is 0 Å². The minimum Gasteiger partial charge on any atom is -0.508 e. The molecule has 0 fully saturated rings. The molecule has 4 aromatic rings. The zero-order valence-corrected chi connectivity index (χ0v) is 19.1. The maximum Gasteiger partial charge on any atom is 0.171 e. The van der Waals surface area contributed by atoms with E-state index in [0.29, 0.717) is 11.5 Å². The summed E-state index contributed by atoms with van der Waals surface area (Å²) in [5.41, 5.74) is 5.84. The van der Waals surface area contributed by atoms with Crippen LogP contribution in [-0.2, 0) is 0 Å². The molecule has 0 saturated carbocycles. The van der Waals surface area contributed by atoms with E-state index in [4.69, 9.17) is 4.74 Å². The molecule has 0 saturated heterocycles. The molecule has 0 spiro atoms. The van der Waals surface area contributed by atoms with E-state index in [1.54, 1.807) is 30.3 Å². The molecule has 0 atom stereocenters. The molecule has 4 rings (SSSR count). The van der Waals surface area contributed by atoms with Crippen LogP contribution in [-0.4, -0.2) is 15.3 Å². The highest BCUT2D eigenvalue weighted by atomic mass is 16.5. The highest BCUT2D eigenvalue weighted by molar-refractivity contribution is 5.79. The number of nitrogens with zero attached hydrogens (tertiary/aromatic N) is 1. The van der Waals surface area contributed by atoms with Gasteiger partial charge in [0.1, 0.15) is 17.2 Å². The summed E-state index contributed by atoms with van der Waals surface area (Å²) in [6.45, 7) is 7.64. The Labute approximate surface area is 193 Å². The summed E-state index contributed by atoms with van der Waals surface area (Å²) in [4.78, 5) is 1.94. The Hall–Kier alpha value is -4.12. The quantitative estimate of drug-likeness (QED) is 0.303. The van der Waals surface area contributed by atoms with Crippen LogP contribution in [0.5, 0.6) is 28.7 Å². The van der Waals surface area contributed by atoms with Crippen molar-refractivity contribution in [3.05, 3.63) is 95.1 Å². The predicted molar refractivity (Wildman–Crippen MR) is 132 cm³/mol. The van der Waals surface area contributed by atoms with Gasteiger partial charge in [-0.25, -0.2) is 0 Å². The van der Waals surface area contributed by atoms with Crippen molar-refractivity contribution in [1.82, 2.24) is 0 Å². The van der Waals surface area contributed by atoms with Crippen LogP contribution in [0.2, 0.25) is 0 Å². The smallest absolute Gasteiger partial charge is 0.171 e. The van der Waals surface area contributed by atoms with E-state index in [1.165, 1.54) is 0 Å². The van der Waals surface area contributed by atoms with Gasteiger partial charge in [-0.3, -0.25) is 0 Å². The van der Waals surface area contributed by atoms with Gasteiger partial charge in [0.2, 0.25) is 0 Å². The normalized spacial score (nSPS) is 10.8. The molecule has 33 heavy (non-hydrogen) atoms. The zero-order chi connectivity index (χ0) is 23.7. The van der Waals surface area contributed by atoms with Gasteiger partial charge in [0.15, 0.2) is 11.5 Å². The summed E-state index contributed by atoms with van der Waals surface area (Å²) in [7, 11) is 0. The van der Waals surface area contributed by atoms with Crippen LogP contribution in [0.4, 0.5) is 17.1 Å². The molecule has 0 aliphatic carbocycles. The lowest BCUT2D eigenvalue weighted by molar-refractivity contribution is 0.408. The van der Waals surface area contributed by atoms with Crippen LogP contribution in [0, 0.1) is 27.7 Å². The van der Waals surface area contributed by atoms with E-state index in [9.17, 15) is 15.3 Å². The first-order valence-corrected chi connectivity index (χ1v) is 10.7. The first-order chi connectivity index (χ1) is 15.7. The fraction of sp³-hybridized carbons (Fsp3) is 0.143. The van der Waals surface area contributed by atoms with Crippen molar-refractivity contribution in [1.29, 1.82) is 0 Å². The summed E-state index contributed by atoms with van der Waals surface area (Å²) in [6, 6.07) is 21.8. The van der Waals surface area contributed by atoms with Crippen molar-refractivity contribution in [2.75, 3.05) is 4.90 Å². The maximum atomic E-state index is 10.4. The van der Waals surface area contributed by atoms with Gasteiger partial charge in [0, 0.05) is 23.9 Å². The largest absolute Gasteiger partial charge is 0.508 e. The summed E-state index contributed by atoms with van der Waals surface area (Å²) in [6.07, 6.45) is 0. The van der Waals surface area contributed by atoms with Gasteiger partial charge in [0.25, 0.3) is 0 Å². The average molecular weight is 442 g/mol. The Morgan fingerprint density at radius 3 is 1.73 bits per heavy atom. The molecule has 0 heterocycles. The molecule has 3 N–H and O–H groups in total. The van der Waals surface area contributed by atoms with Gasteiger partial charge >= 0.3 is 0 Å². The summed E-state index contributed by atoms with van der Waals surface area (Å²) >= 11 is 0. The number of hydrogen-bond donors (Lipinski definition) is 3. The first kappa shape index (κ1) is 22.1. The van der Waals surface area contributed by atoms with Gasteiger partial charge in [0.05, 0.1) is 11.4 Å². The molecule has 0 bridgehead atoms. The van der Waals surface area contributed by atoms with E-state index in [2.05, 4.69) is 0 Å². The third-order valence-corrected chi connectivity index (χ3v) is 5.31. The van der Waals surface area contributed by atoms with Crippen LogP contribution < -0.4 is 9.64 Å². The third kappa shape index (κ3) is 4.88. The van der Waals surface area contributed by atoms with E-state index in [1.807, 2.05) is 75.1 Å². The van der Waals surface area contributed by atoms with Gasteiger partial charge < -0.3 is 25.0 Å². The predicted octanol–water partition coefficient (Wildman–Crippen LogP) is 7.30. The second kappa shape index (κ2) is 8.79. The molecule has 0 unspecified atom stereocenters. The van der Waals surface area contributed by atoms with Crippen LogP contribution >= 0.6 is 0 Å². The van der Waals surface area contributed by atoms with Crippen molar-refractivity contribution < 1.29 is 20.1 Å². The molecule has 5 heteroatoms. The summed E-state index contributed by atoms with van der Waals surface area (Å²) in [5.74, 6) is 1.35. The molecule has 0 radical (unpaired) electrons. The van der Waals surface area contributed by atoms with Crippen molar-refractivity contribution in [3.63, 3.8) is 0 Å². The number of anilines is 3. The number of aromatic hydroxyl groups is 3. The maximum absolute atomic E-state index is 10.4. The number of phenols is 3. The van der Waals surface area contributed by atoms with Gasteiger partial charge in [-0.05, 0) is 92.4 Å². The number of benzene rings is 4. The Morgan fingerprint density at radius 1 is 0.606 bits per heavy atom. The topological polar surface area (TPSA) is 73.2 Å². The van der Waals surface area contributed by atoms with Crippen LogP contribution in [0.15, 0.2) is 72.8 Å². The molecule has 168 valence electrons.